The number of para-hydroxylation sites is 1. The summed E-state index contributed by atoms with van der Waals surface area (Å²) in [4.78, 5) is 16.8. The van der Waals surface area contributed by atoms with E-state index in [1.54, 1.807) is 6.07 Å². The molecule has 0 radical (unpaired) electrons. The topological polar surface area (TPSA) is 44.1 Å². The maximum absolute atomic E-state index is 13.2. The molecule has 4 heteroatoms. The van der Waals surface area contributed by atoms with Gasteiger partial charge in [0.15, 0.2) is 0 Å². The molecule has 4 rings (SSSR count). The maximum atomic E-state index is 13.2. The Bertz CT molecular complexity index is 1020. The summed E-state index contributed by atoms with van der Waals surface area (Å²) in [5.74, 6) is 0.00693. The molecule has 0 fully saturated rings. The van der Waals surface area contributed by atoms with Gasteiger partial charge in [0.05, 0.1) is 11.1 Å². The van der Waals surface area contributed by atoms with Crippen molar-refractivity contribution in [3.8, 4) is 6.07 Å². The Labute approximate surface area is 156 Å². The molecule has 0 saturated heterocycles. The Balaban J connectivity index is 1.69. The molecule has 3 nitrogen and oxygen atoms in total. The van der Waals surface area contributed by atoms with Crippen LogP contribution in [0.5, 0.6) is 0 Å². The molecule has 1 amide bonds. The van der Waals surface area contributed by atoms with Crippen LogP contribution in [0.3, 0.4) is 0 Å². The van der Waals surface area contributed by atoms with Crippen LogP contribution in [-0.2, 0) is 6.42 Å². The Hall–Kier alpha value is -3.03. The van der Waals surface area contributed by atoms with E-state index >= 15 is 0 Å². The SMILES string of the molecule is N#Cc1ccccc1Sc1ccccc1C(=O)N1CCc2ccccc21. The van der Waals surface area contributed by atoms with Crippen LogP contribution in [0, 0.1) is 11.3 Å². The van der Waals surface area contributed by atoms with E-state index < -0.39 is 0 Å². The molecule has 0 aromatic heterocycles. The first kappa shape index (κ1) is 16.4. The largest absolute Gasteiger partial charge is 0.308 e. The lowest BCUT2D eigenvalue weighted by atomic mass is 10.1. The van der Waals surface area contributed by atoms with Crippen LogP contribution in [0.1, 0.15) is 21.5 Å². The Morgan fingerprint density at radius 3 is 2.46 bits per heavy atom. The van der Waals surface area contributed by atoms with Gasteiger partial charge in [-0.25, -0.2) is 0 Å². The number of benzene rings is 3. The third-order valence-corrected chi connectivity index (χ3v) is 5.63. The average molecular weight is 356 g/mol. The van der Waals surface area contributed by atoms with Gasteiger partial charge < -0.3 is 4.90 Å². The van der Waals surface area contributed by atoms with Crippen molar-refractivity contribution in [3.05, 3.63) is 89.5 Å². The zero-order valence-corrected chi connectivity index (χ0v) is 14.9. The molecule has 0 atom stereocenters. The van der Waals surface area contributed by atoms with E-state index in [1.807, 2.05) is 65.6 Å². The molecule has 0 aliphatic carbocycles. The number of rotatable bonds is 3. The van der Waals surface area contributed by atoms with Crippen molar-refractivity contribution in [3.63, 3.8) is 0 Å². The van der Waals surface area contributed by atoms with Gasteiger partial charge in [-0.2, -0.15) is 5.26 Å². The second-order valence-electron chi connectivity index (χ2n) is 6.04. The molecule has 3 aromatic carbocycles. The summed E-state index contributed by atoms with van der Waals surface area (Å²) in [5.41, 5.74) is 3.49. The highest BCUT2D eigenvalue weighted by Crippen LogP contribution is 2.35. The molecule has 1 heterocycles. The molecule has 3 aromatic rings. The van der Waals surface area contributed by atoms with Gasteiger partial charge in [-0.05, 0) is 42.3 Å². The highest BCUT2D eigenvalue weighted by atomic mass is 32.2. The molecular formula is C22H16N2OS. The van der Waals surface area contributed by atoms with Crippen molar-refractivity contribution < 1.29 is 4.79 Å². The fraction of sp³-hybridized carbons (Fsp3) is 0.0909. The summed E-state index contributed by atoms with van der Waals surface area (Å²) in [6.07, 6.45) is 0.883. The standard InChI is InChI=1S/C22H16N2OS/c23-15-17-8-2-5-11-20(17)26-21-12-6-3-9-18(21)22(25)24-14-13-16-7-1-4-10-19(16)24/h1-12H,13-14H2. The van der Waals surface area contributed by atoms with E-state index in [2.05, 4.69) is 12.1 Å². The number of hydrogen-bond donors (Lipinski definition) is 0. The average Bonchev–Trinajstić information content (AvgIpc) is 3.12. The molecule has 26 heavy (non-hydrogen) atoms. The number of anilines is 1. The van der Waals surface area contributed by atoms with Crippen molar-refractivity contribution in [2.24, 2.45) is 0 Å². The lowest BCUT2D eigenvalue weighted by Gasteiger charge is -2.19. The summed E-state index contributed by atoms with van der Waals surface area (Å²) in [6.45, 7) is 0.700. The quantitative estimate of drug-likeness (QED) is 0.669. The molecule has 0 unspecified atom stereocenters. The first-order valence-corrected chi connectivity index (χ1v) is 9.25. The summed E-state index contributed by atoms with van der Waals surface area (Å²) in [6, 6.07) is 25.3. The first-order valence-electron chi connectivity index (χ1n) is 8.44. The molecule has 1 aliphatic heterocycles. The number of nitrogens with zero attached hydrogens (tertiary/aromatic N) is 2. The zero-order valence-electron chi connectivity index (χ0n) is 14.1. The smallest absolute Gasteiger partial charge is 0.259 e. The molecular weight excluding hydrogens is 340 g/mol. The highest BCUT2D eigenvalue weighted by Gasteiger charge is 2.26. The summed E-state index contributed by atoms with van der Waals surface area (Å²) in [7, 11) is 0. The van der Waals surface area contributed by atoms with Gasteiger partial charge in [0.2, 0.25) is 0 Å². The monoisotopic (exact) mass is 356 g/mol. The van der Waals surface area contributed by atoms with Gasteiger partial charge in [0.1, 0.15) is 6.07 Å². The summed E-state index contributed by atoms with van der Waals surface area (Å²) >= 11 is 1.46. The molecule has 0 N–H and O–H groups in total. The fourth-order valence-electron chi connectivity index (χ4n) is 3.19. The normalized spacial score (nSPS) is 12.5. The maximum Gasteiger partial charge on any atom is 0.259 e. The predicted octanol–water partition coefficient (Wildman–Crippen LogP) is 4.91. The van der Waals surface area contributed by atoms with Crippen LogP contribution in [0.15, 0.2) is 82.6 Å². The van der Waals surface area contributed by atoms with Crippen LogP contribution >= 0.6 is 11.8 Å². The number of nitriles is 1. The van der Waals surface area contributed by atoms with Gasteiger partial charge in [0.25, 0.3) is 5.91 Å². The van der Waals surface area contributed by atoms with Crippen molar-refractivity contribution in [1.29, 1.82) is 5.26 Å². The van der Waals surface area contributed by atoms with Crippen LogP contribution in [0.2, 0.25) is 0 Å². The van der Waals surface area contributed by atoms with E-state index in [4.69, 9.17) is 0 Å². The van der Waals surface area contributed by atoms with E-state index in [-0.39, 0.29) is 5.91 Å². The number of fused-ring (bicyclic) bond motifs is 1. The summed E-state index contributed by atoms with van der Waals surface area (Å²) < 4.78 is 0. The van der Waals surface area contributed by atoms with Crippen molar-refractivity contribution in [2.45, 2.75) is 16.2 Å². The van der Waals surface area contributed by atoms with E-state index in [9.17, 15) is 10.1 Å². The number of carbonyl (C=O) groups excluding carboxylic acids is 1. The minimum atomic E-state index is 0.00693. The van der Waals surface area contributed by atoms with Crippen molar-refractivity contribution >= 4 is 23.4 Å². The lowest BCUT2D eigenvalue weighted by Crippen LogP contribution is -2.29. The Kier molecular flexibility index (Phi) is 4.47. The molecule has 0 spiro atoms. The van der Waals surface area contributed by atoms with Crippen LogP contribution in [0.4, 0.5) is 5.69 Å². The van der Waals surface area contributed by atoms with E-state index in [0.29, 0.717) is 17.7 Å². The van der Waals surface area contributed by atoms with Crippen LogP contribution in [0.25, 0.3) is 0 Å². The number of hydrogen-bond acceptors (Lipinski definition) is 3. The second-order valence-corrected chi connectivity index (χ2v) is 7.13. The fourth-order valence-corrected chi connectivity index (χ4v) is 4.21. The third-order valence-electron chi connectivity index (χ3n) is 4.48. The highest BCUT2D eigenvalue weighted by molar-refractivity contribution is 7.99. The Morgan fingerprint density at radius 2 is 1.62 bits per heavy atom. The van der Waals surface area contributed by atoms with Gasteiger partial charge in [-0.3, -0.25) is 4.79 Å². The van der Waals surface area contributed by atoms with Crippen molar-refractivity contribution in [2.75, 3.05) is 11.4 Å². The van der Waals surface area contributed by atoms with Crippen LogP contribution in [-0.4, -0.2) is 12.5 Å². The van der Waals surface area contributed by atoms with Gasteiger partial charge in [0, 0.05) is 22.0 Å². The Morgan fingerprint density at radius 1 is 0.923 bits per heavy atom. The van der Waals surface area contributed by atoms with Gasteiger partial charge in [-0.1, -0.05) is 54.2 Å². The van der Waals surface area contributed by atoms with Gasteiger partial charge in [-0.15, -0.1) is 0 Å². The minimum absolute atomic E-state index is 0.00693. The summed E-state index contributed by atoms with van der Waals surface area (Å²) in [5, 5.41) is 9.32. The van der Waals surface area contributed by atoms with Gasteiger partial charge >= 0.3 is 0 Å². The molecule has 0 bridgehead atoms. The van der Waals surface area contributed by atoms with Crippen LogP contribution < -0.4 is 4.90 Å². The van der Waals surface area contributed by atoms with E-state index in [0.717, 1.165) is 21.9 Å². The number of carbonyl (C=O) groups is 1. The lowest BCUT2D eigenvalue weighted by molar-refractivity contribution is 0.0986. The predicted molar refractivity (Wildman–Crippen MR) is 104 cm³/mol. The molecule has 126 valence electrons. The molecule has 0 saturated carbocycles. The second kappa shape index (κ2) is 7.07. The third kappa shape index (κ3) is 2.98. The number of amides is 1. The minimum Gasteiger partial charge on any atom is -0.308 e. The molecule has 1 aliphatic rings. The zero-order chi connectivity index (χ0) is 17.9. The first-order chi connectivity index (χ1) is 12.8. The van der Waals surface area contributed by atoms with Crippen molar-refractivity contribution in [1.82, 2.24) is 0 Å². The van der Waals surface area contributed by atoms with E-state index in [1.165, 1.54) is 17.3 Å².